The van der Waals surface area contributed by atoms with E-state index in [2.05, 4.69) is 17.4 Å². The summed E-state index contributed by atoms with van der Waals surface area (Å²) in [6.45, 7) is 4.32. The number of benzene rings is 2. The zero-order chi connectivity index (χ0) is 15.5. The van der Waals surface area contributed by atoms with Crippen molar-refractivity contribution < 1.29 is 9.36 Å². The summed E-state index contributed by atoms with van der Waals surface area (Å²) in [5.74, 6) is -0.0150. The van der Waals surface area contributed by atoms with Crippen molar-refractivity contribution in [3.63, 3.8) is 0 Å². The van der Waals surface area contributed by atoms with Gasteiger partial charge in [-0.15, -0.1) is 0 Å². The Hall–Kier alpha value is -2.68. The summed E-state index contributed by atoms with van der Waals surface area (Å²) < 4.78 is 1.97. The van der Waals surface area contributed by atoms with E-state index in [1.807, 2.05) is 67.1 Å². The van der Waals surface area contributed by atoms with Crippen LogP contribution in [-0.2, 0) is 11.3 Å². The van der Waals surface area contributed by atoms with Crippen LogP contribution in [0.15, 0.2) is 60.8 Å². The molecule has 22 heavy (non-hydrogen) atoms. The molecule has 2 aromatic carbocycles. The smallest absolute Gasteiger partial charge is 0.290 e. The molecule has 0 fully saturated rings. The van der Waals surface area contributed by atoms with Crippen LogP contribution in [-0.4, -0.2) is 5.91 Å². The van der Waals surface area contributed by atoms with Crippen molar-refractivity contribution in [3.05, 3.63) is 71.9 Å². The number of carbonyl (C=O) groups is 1. The highest BCUT2D eigenvalue weighted by Crippen LogP contribution is 2.19. The summed E-state index contributed by atoms with van der Waals surface area (Å²) >= 11 is 0. The van der Waals surface area contributed by atoms with Crippen LogP contribution >= 0.6 is 0 Å². The fraction of sp³-hybridized carbons (Fsp3) is 0.158. The molecular formula is C19H19N2O+. The predicted octanol–water partition coefficient (Wildman–Crippen LogP) is 3.38. The average molecular weight is 291 g/mol. The Balaban J connectivity index is 1.85. The van der Waals surface area contributed by atoms with Crippen molar-refractivity contribution in [1.82, 2.24) is 0 Å². The van der Waals surface area contributed by atoms with Gasteiger partial charge in [-0.2, -0.15) is 4.57 Å². The number of para-hydroxylation sites is 2. The zero-order valence-corrected chi connectivity index (χ0v) is 12.8. The summed E-state index contributed by atoms with van der Waals surface area (Å²) in [5, 5.41) is 4.16. The van der Waals surface area contributed by atoms with Crippen molar-refractivity contribution in [2.24, 2.45) is 0 Å². The third kappa shape index (κ3) is 2.84. The van der Waals surface area contributed by atoms with Crippen LogP contribution in [0.25, 0.3) is 10.9 Å². The van der Waals surface area contributed by atoms with Crippen LogP contribution < -0.4 is 9.88 Å². The van der Waals surface area contributed by atoms with E-state index in [4.69, 9.17) is 0 Å². The normalized spacial score (nSPS) is 10.6. The van der Waals surface area contributed by atoms with Crippen LogP contribution in [0.5, 0.6) is 0 Å². The first-order valence-corrected chi connectivity index (χ1v) is 7.38. The van der Waals surface area contributed by atoms with Gasteiger partial charge in [0.15, 0.2) is 6.20 Å². The zero-order valence-electron chi connectivity index (χ0n) is 12.8. The molecule has 1 heterocycles. The molecule has 3 aromatic rings. The maximum absolute atomic E-state index is 12.4. The summed E-state index contributed by atoms with van der Waals surface area (Å²) in [5.41, 5.74) is 4.13. The number of aromatic nitrogens is 1. The Bertz CT molecular complexity index is 814. The standard InChI is InChI=1S/C19H18N2O/c1-14-7-5-8-15(2)19(14)20-18(22)13-21-12-6-10-16-9-3-4-11-17(16)21/h3-12H,13H2,1-2H3/p+1. The van der Waals surface area contributed by atoms with Gasteiger partial charge in [0.05, 0.1) is 0 Å². The molecular weight excluding hydrogens is 272 g/mol. The molecule has 0 unspecified atom stereocenters. The van der Waals surface area contributed by atoms with E-state index in [1.54, 1.807) is 0 Å². The second-order valence-electron chi connectivity index (χ2n) is 5.51. The first kappa shape index (κ1) is 14.3. The van der Waals surface area contributed by atoms with Crippen LogP contribution in [0.2, 0.25) is 0 Å². The van der Waals surface area contributed by atoms with Crippen molar-refractivity contribution >= 4 is 22.5 Å². The number of nitrogens with one attached hydrogen (secondary N) is 1. The number of fused-ring (bicyclic) bond motifs is 1. The molecule has 3 nitrogen and oxygen atoms in total. The molecule has 1 aromatic heterocycles. The van der Waals surface area contributed by atoms with Crippen molar-refractivity contribution in [1.29, 1.82) is 0 Å². The van der Waals surface area contributed by atoms with Gasteiger partial charge in [0.25, 0.3) is 5.91 Å². The Morgan fingerprint density at radius 1 is 0.955 bits per heavy atom. The molecule has 0 atom stereocenters. The third-order valence-corrected chi connectivity index (χ3v) is 3.85. The van der Waals surface area contributed by atoms with Gasteiger partial charge in [-0.1, -0.05) is 30.3 Å². The molecule has 0 aliphatic carbocycles. The van der Waals surface area contributed by atoms with Gasteiger partial charge in [0.2, 0.25) is 12.1 Å². The van der Waals surface area contributed by atoms with E-state index >= 15 is 0 Å². The van der Waals surface area contributed by atoms with Gasteiger partial charge >= 0.3 is 0 Å². The Morgan fingerprint density at radius 3 is 2.41 bits per heavy atom. The number of hydrogen-bond acceptors (Lipinski definition) is 1. The molecule has 1 amide bonds. The van der Waals surface area contributed by atoms with Gasteiger partial charge in [-0.05, 0) is 37.1 Å². The molecule has 0 saturated heterocycles. The molecule has 0 bridgehead atoms. The van der Waals surface area contributed by atoms with Crippen molar-refractivity contribution in [2.45, 2.75) is 20.4 Å². The van der Waals surface area contributed by atoms with Crippen LogP contribution in [0, 0.1) is 13.8 Å². The van der Waals surface area contributed by atoms with E-state index in [-0.39, 0.29) is 5.91 Å². The monoisotopic (exact) mass is 291 g/mol. The molecule has 0 aliphatic rings. The van der Waals surface area contributed by atoms with Crippen LogP contribution in [0.3, 0.4) is 0 Å². The number of carbonyl (C=O) groups excluding carboxylic acids is 1. The highest BCUT2D eigenvalue weighted by atomic mass is 16.1. The number of hydrogen-bond donors (Lipinski definition) is 1. The van der Waals surface area contributed by atoms with E-state index in [0.717, 1.165) is 27.7 Å². The number of nitrogens with zero attached hydrogens (tertiary/aromatic N) is 1. The Kier molecular flexibility index (Phi) is 3.88. The largest absolute Gasteiger partial charge is 0.320 e. The van der Waals surface area contributed by atoms with E-state index in [0.29, 0.717) is 6.54 Å². The molecule has 3 rings (SSSR count). The van der Waals surface area contributed by atoms with E-state index in [9.17, 15) is 4.79 Å². The lowest BCUT2D eigenvalue weighted by atomic mass is 10.1. The van der Waals surface area contributed by atoms with Gasteiger partial charge in [0, 0.05) is 23.2 Å². The quantitative estimate of drug-likeness (QED) is 0.737. The maximum Gasteiger partial charge on any atom is 0.290 e. The van der Waals surface area contributed by atoms with Crippen LogP contribution in [0.4, 0.5) is 5.69 Å². The lowest BCUT2D eigenvalue weighted by molar-refractivity contribution is -0.658. The molecule has 1 N–H and O–H groups in total. The van der Waals surface area contributed by atoms with Gasteiger partial charge in [0.1, 0.15) is 0 Å². The first-order valence-electron chi connectivity index (χ1n) is 7.38. The Labute approximate surface area is 130 Å². The van der Waals surface area contributed by atoms with Crippen molar-refractivity contribution in [2.75, 3.05) is 5.32 Å². The fourth-order valence-corrected chi connectivity index (χ4v) is 2.70. The van der Waals surface area contributed by atoms with E-state index < -0.39 is 0 Å². The van der Waals surface area contributed by atoms with E-state index in [1.165, 1.54) is 0 Å². The highest BCUT2D eigenvalue weighted by Gasteiger charge is 2.14. The third-order valence-electron chi connectivity index (χ3n) is 3.85. The maximum atomic E-state index is 12.4. The fourth-order valence-electron chi connectivity index (χ4n) is 2.70. The minimum absolute atomic E-state index is 0.0150. The number of amides is 1. The molecule has 0 saturated carbocycles. The van der Waals surface area contributed by atoms with Crippen LogP contribution in [0.1, 0.15) is 11.1 Å². The highest BCUT2D eigenvalue weighted by molar-refractivity contribution is 5.91. The Morgan fingerprint density at radius 2 is 1.64 bits per heavy atom. The minimum atomic E-state index is -0.0150. The predicted molar refractivity (Wildman–Crippen MR) is 88.7 cm³/mol. The second-order valence-corrected chi connectivity index (χ2v) is 5.51. The first-order chi connectivity index (χ1) is 10.6. The summed E-state index contributed by atoms with van der Waals surface area (Å²) in [6.07, 6.45) is 1.94. The molecule has 0 radical (unpaired) electrons. The minimum Gasteiger partial charge on any atom is -0.320 e. The molecule has 3 heteroatoms. The number of rotatable bonds is 3. The molecule has 110 valence electrons. The van der Waals surface area contributed by atoms with Crippen molar-refractivity contribution in [3.8, 4) is 0 Å². The summed E-state index contributed by atoms with van der Waals surface area (Å²) in [4.78, 5) is 12.4. The molecule has 0 spiro atoms. The summed E-state index contributed by atoms with van der Waals surface area (Å²) in [6, 6.07) is 18.1. The number of pyridine rings is 1. The second kappa shape index (κ2) is 5.98. The van der Waals surface area contributed by atoms with Gasteiger partial charge in [-0.3, -0.25) is 4.79 Å². The number of aryl methyl sites for hydroxylation is 2. The van der Waals surface area contributed by atoms with Gasteiger partial charge in [-0.25, -0.2) is 0 Å². The topological polar surface area (TPSA) is 33.0 Å². The lowest BCUT2D eigenvalue weighted by Crippen LogP contribution is -2.40. The SMILES string of the molecule is Cc1cccc(C)c1NC(=O)C[n+]1cccc2ccccc21. The lowest BCUT2D eigenvalue weighted by Gasteiger charge is -2.10. The summed E-state index contributed by atoms with van der Waals surface area (Å²) in [7, 11) is 0. The number of anilines is 1. The molecule has 0 aliphatic heterocycles. The average Bonchev–Trinajstić information content (AvgIpc) is 2.51. The van der Waals surface area contributed by atoms with Gasteiger partial charge < -0.3 is 5.32 Å².